The van der Waals surface area contributed by atoms with Gasteiger partial charge in [-0.1, -0.05) is 28.1 Å². The summed E-state index contributed by atoms with van der Waals surface area (Å²) in [7, 11) is 0. The van der Waals surface area contributed by atoms with Crippen molar-refractivity contribution in [3.63, 3.8) is 0 Å². The van der Waals surface area contributed by atoms with Gasteiger partial charge < -0.3 is 4.74 Å². The van der Waals surface area contributed by atoms with E-state index in [2.05, 4.69) is 27.0 Å². The molecular formula is C12H7BrN2OS. The molecule has 1 unspecified atom stereocenters. The Hall–Kier alpha value is -1.38. The van der Waals surface area contributed by atoms with Crippen molar-refractivity contribution >= 4 is 27.3 Å². The second-order valence-electron chi connectivity index (χ2n) is 3.62. The van der Waals surface area contributed by atoms with Crippen LogP contribution >= 0.6 is 27.3 Å². The van der Waals surface area contributed by atoms with Crippen LogP contribution in [0.15, 0.2) is 24.3 Å². The maximum atomic E-state index is 8.94. The van der Waals surface area contributed by atoms with E-state index in [1.54, 1.807) is 0 Å². The number of halogens is 1. The van der Waals surface area contributed by atoms with Crippen molar-refractivity contribution in [2.75, 3.05) is 6.61 Å². The molecule has 0 saturated heterocycles. The largest absolute Gasteiger partial charge is 0.491 e. The van der Waals surface area contributed by atoms with E-state index in [1.807, 2.05) is 24.3 Å². The first kappa shape index (κ1) is 10.8. The first-order valence-corrected chi connectivity index (χ1v) is 6.80. The monoisotopic (exact) mass is 306 g/mol. The number of alkyl halides is 1. The van der Waals surface area contributed by atoms with Crippen molar-refractivity contribution in [1.82, 2.24) is 4.98 Å². The molecule has 0 fully saturated rings. The van der Waals surface area contributed by atoms with Gasteiger partial charge in [-0.25, -0.2) is 4.98 Å². The minimum Gasteiger partial charge on any atom is -0.491 e. The average molecular weight is 307 g/mol. The third kappa shape index (κ3) is 1.74. The fourth-order valence-electron chi connectivity index (χ4n) is 1.81. The van der Waals surface area contributed by atoms with Gasteiger partial charge in [0.1, 0.15) is 18.4 Å². The minimum absolute atomic E-state index is 0.0875. The normalized spacial score (nSPS) is 17.3. The lowest BCUT2D eigenvalue weighted by molar-refractivity contribution is 0.326. The highest BCUT2D eigenvalue weighted by molar-refractivity contribution is 9.09. The first-order chi connectivity index (χ1) is 8.29. The van der Waals surface area contributed by atoms with Crippen molar-refractivity contribution < 1.29 is 4.74 Å². The second-order valence-corrected chi connectivity index (χ2v) is 5.75. The molecule has 84 valence electrons. The van der Waals surface area contributed by atoms with Crippen molar-refractivity contribution in [1.29, 1.82) is 5.26 Å². The number of nitrogens with zero attached hydrogens (tertiary/aromatic N) is 2. The van der Waals surface area contributed by atoms with Crippen molar-refractivity contribution in [3.8, 4) is 23.1 Å². The zero-order valence-corrected chi connectivity index (χ0v) is 11.1. The lowest BCUT2D eigenvalue weighted by Gasteiger charge is -2.06. The van der Waals surface area contributed by atoms with Gasteiger partial charge >= 0.3 is 0 Å². The number of para-hydroxylation sites is 1. The molecule has 0 bridgehead atoms. The molecule has 1 aromatic heterocycles. The quantitative estimate of drug-likeness (QED) is 0.700. The lowest BCUT2D eigenvalue weighted by atomic mass is 10.1. The van der Waals surface area contributed by atoms with Crippen LogP contribution in [0.5, 0.6) is 5.75 Å². The van der Waals surface area contributed by atoms with Crippen molar-refractivity contribution in [2.45, 2.75) is 4.83 Å². The number of aromatic nitrogens is 1. The Kier molecular flexibility index (Phi) is 2.61. The SMILES string of the molecule is N#Cc1nc2c(s1)C(Br)COc1ccccc1-2. The maximum absolute atomic E-state index is 8.94. The summed E-state index contributed by atoms with van der Waals surface area (Å²) in [5.74, 6) is 0.825. The standard InChI is InChI=1S/C12H7BrN2OS/c13-8-6-16-9-4-2-1-3-7(9)11-12(8)17-10(5-14)15-11/h1-4,8H,6H2. The van der Waals surface area contributed by atoms with E-state index in [9.17, 15) is 0 Å². The molecule has 1 aliphatic heterocycles. The van der Waals surface area contributed by atoms with E-state index in [-0.39, 0.29) is 4.83 Å². The molecule has 5 heteroatoms. The predicted octanol–water partition coefficient (Wildman–Crippen LogP) is 3.51. The number of benzene rings is 1. The molecule has 0 aliphatic carbocycles. The fourth-order valence-corrected chi connectivity index (χ4v) is 3.28. The Morgan fingerprint density at radius 2 is 2.29 bits per heavy atom. The van der Waals surface area contributed by atoms with Crippen LogP contribution in [0.2, 0.25) is 0 Å². The Bertz CT molecular complexity index is 617. The summed E-state index contributed by atoms with van der Waals surface area (Å²) in [5, 5.41) is 9.44. The van der Waals surface area contributed by atoms with Crippen molar-refractivity contribution in [2.24, 2.45) is 0 Å². The number of thiazole rings is 1. The van der Waals surface area contributed by atoms with E-state index in [0.717, 1.165) is 21.9 Å². The molecule has 0 radical (unpaired) electrons. The fraction of sp³-hybridized carbons (Fsp3) is 0.167. The van der Waals surface area contributed by atoms with Gasteiger partial charge in [0.25, 0.3) is 0 Å². The topological polar surface area (TPSA) is 45.9 Å². The van der Waals surface area contributed by atoms with Gasteiger partial charge in [-0.2, -0.15) is 5.26 Å². The zero-order chi connectivity index (χ0) is 11.8. The van der Waals surface area contributed by atoms with Gasteiger partial charge in [0.2, 0.25) is 0 Å². The third-order valence-corrected chi connectivity index (χ3v) is 4.66. The van der Waals surface area contributed by atoms with Gasteiger partial charge in [0.05, 0.1) is 15.4 Å². The number of ether oxygens (including phenoxy) is 1. The number of fused-ring (bicyclic) bond motifs is 3. The summed E-state index contributed by atoms with van der Waals surface area (Å²) in [6.45, 7) is 0.553. The molecule has 3 rings (SSSR count). The molecular weight excluding hydrogens is 300 g/mol. The minimum atomic E-state index is 0.0875. The number of hydrogen-bond acceptors (Lipinski definition) is 4. The smallest absolute Gasteiger partial charge is 0.195 e. The second kappa shape index (κ2) is 4.13. The molecule has 17 heavy (non-hydrogen) atoms. The van der Waals surface area contributed by atoms with Crippen LogP contribution in [0.1, 0.15) is 14.7 Å². The summed E-state index contributed by atoms with van der Waals surface area (Å²) < 4.78 is 5.71. The van der Waals surface area contributed by atoms with E-state index >= 15 is 0 Å². The van der Waals surface area contributed by atoms with Crippen LogP contribution < -0.4 is 4.74 Å². The summed E-state index contributed by atoms with van der Waals surface area (Å²) in [5.41, 5.74) is 1.82. The number of nitriles is 1. The van der Waals surface area contributed by atoms with Crippen LogP contribution in [0, 0.1) is 11.3 Å². The van der Waals surface area contributed by atoms with Gasteiger partial charge in [-0.05, 0) is 12.1 Å². The molecule has 2 aromatic rings. The maximum Gasteiger partial charge on any atom is 0.195 e. The Morgan fingerprint density at radius 1 is 1.47 bits per heavy atom. The van der Waals surface area contributed by atoms with Crippen LogP contribution in [-0.2, 0) is 0 Å². The van der Waals surface area contributed by atoms with E-state index < -0.39 is 0 Å². The molecule has 3 nitrogen and oxygen atoms in total. The lowest BCUT2D eigenvalue weighted by Crippen LogP contribution is -2.00. The molecule has 0 spiro atoms. The van der Waals surface area contributed by atoms with Gasteiger partial charge in [0.15, 0.2) is 5.01 Å². The summed E-state index contributed by atoms with van der Waals surface area (Å²) in [6.07, 6.45) is 0. The number of rotatable bonds is 0. The molecule has 1 aliphatic rings. The molecule has 0 amide bonds. The first-order valence-electron chi connectivity index (χ1n) is 5.06. The molecule has 1 aromatic carbocycles. The highest BCUT2D eigenvalue weighted by Crippen LogP contribution is 2.43. The molecule has 0 N–H and O–H groups in total. The van der Waals surface area contributed by atoms with Crippen LogP contribution in [0.4, 0.5) is 0 Å². The Morgan fingerprint density at radius 3 is 3.12 bits per heavy atom. The molecule has 2 heterocycles. The highest BCUT2D eigenvalue weighted by Gasteiger charge is 2.25. The van der Waals surface area contributed by atoms with E-state index in [1.165, 1.54) is 11.3 Å². The zero-order valence-electron chi connectivity index (χ0n) is 8.68. The van der Waals surface area contributed by atoms with Crippen LogP contribution in [-0.4, -0.2) is 11.6 Å². The predicted molar refractivity (Wildman–Crippen MR) is 69.4 cm³/mol. The molecule has 0 saturated carbocycles. The van der Waals surface area contributed by atoms with Gasteiger partial charge in [-0.3, -0.25) is 0 Å². The third-order valence-electron chi connectivity index (χ3n) is 2.56. The van der Waals surface area contributed by atoms with Crippen LogP contribution in [0.25, 0.3) is 11.3 Å². The van der Waals surface area contributed by atoms with Gasteiger partial charge in [0, 0.05) is 5.56 Å². The number of hydrogen-bond donors (Lipinski definition) is 0. The average Bonchev–Trinajstić information content (AvgIpc) is 2.75. The van der Waals surface area contributed by atoms with E-state index in [4.69, 9.17) is 10.00 Å². The summed E-state index contributed by atoms with van der Waals surface area (Å²) in [4.78, 5) is 5.52. The molecule has 1 atom stereocenters. The van der Waals surface area contributed by atoms with Gasteiger partial charge in [-0.15, -0.1) is 11.3 Å². The van der Waals surface area contributed by atoms with Crippen molar-refractivity contribution in [3.05, 3.63) is 34.2 Å². The Labute approximate surface area is 111 Å². The highest BCUT2D eigenvalue weighted by atomic mass is 79.9. The Balaban J connectivity index is 2.27. The van der Waals surface area contributed by atoms with Crippen LogP contribution in [0.3, 0.4) is 0 Å². The van der Waals surface area contributed by atoms with E-state index in [0.29, 0.717) is 11.6 Å². The summed E-state index contributed by atoms with van der Waals surface area (Å²) >= 11 is 5.00. The summed E-state index contributed by atoms with van der Waals surface area (Å²) in [6, 6.07) is 9.89.